The molecule has 4 aromatic carbocycles. The lowest BCUT2D eigenvalue weighted by molar-refractivity contribution is -0.149. The first kappa shape index (κ1) is 28.6. The van der Waals surface area contributed by atoms with Crippen LogP contribution in [0.25, 0.3) is 0 Å². The molecule has 8 heteroatoms. The second-order valence-electron chi connectivity index (χ2n) is 8.57. The lowest BCUT2D eigenvalue weighted by Crippen LogP contribution is -2.38. The predicted octanol–water partition coefficient (Wildman–Crippen LogP) is 7.52. The van der Waals surface area contributed by atoms with Crippen molar-refractivity contribution in [3.05, 3.63) is 125 Å². The van der Waals surface area contributed by atoms with Crippen LogP contribution < -0.4 is 5.48 Å². The summed E-state index contributed by atoms with van der Waals surface area (Å²) in [5, 5.41) is 0.667. The summed E-state index contributed by atoms with van der Waals surface area (Å²) < 4.78 is 0. The largest absolute Gasteiger partial charge is 0.370 e. The highest BCUT2D eigenvalue weighted by Gasteiger charge is 2.21. The van der Waals surface area contributed by atoms with Crippen LogP contribution in [-0.4, -0.2) is 29.3 Å². The van der Waals surface area contributed by atoms with Crippen molar-refractivity contribution in [1.29, 1.82) is 0 Å². The van der Waals surface area contributed by atoms with Gasteiger partial charge >= 0.3 is 5.97 Å². The minimum Gasteiger partial charge on any atom is -0.370 e. The molecule has 198 valence electrons. The first-order chi connectivity index (χ1) is 18.9. The molecule has 4 aromatic rings. The smallest absolute Gasteiger partial charge is 0.321 e. The molecule has 0 heterocycles. The first-order valence-electron chi connectivity index (χ1n) is 12.2. The number of halogens is 1. The van der Waals surface area contributed by atoms with Crippen LogP contribution in [0.5, 0.6) is 0 Å². The number of hydroxylamine groups is 1. The minimum atomic E-state index is -0.679. The lowest BCUT2D eigenvalue weighted by atomic mass is 10.0. The number of nitrogens with one attached hydrogen (secondary N) is 1. The maximum absolute atomic E-state index is 13.2. The number of carbonyl (C=O) groups is 3. The lowest BCUT2D eigenvalue weighted by Gasteiger charge is -2.17. The van der Waals surface area contributed by atoms with Gasteiger partial charge in [-0.15, -0.1) is 17.2 Å². The molecule has 39 heavy (non-hydrogen) atoms. The molecule has 0 amide bonds. The average Bonchev–Trinajstić information content (AvgIpc) is 2.96. The van der Waals surface area contributed by atoms with E-state index in [4.69, 9.17) is 16.4 Å². The highest BCUT2D eigenvalue weighted by molar-refractivity contribution is 7.99. The number of rotatable bonds is 12. The van der Waals surface area contributed by atoms with E-state index in [1.807, 2.05) is 78.9 Å². The fraction of sp³-hybridized carbons (Fsp3) is 0.129. The summed E-state index contributed by atoms with van der Waals surface area (Å²) in [6, 6.07) is 30.8. The SMILES string of the molecule is CC(=O)ONC(CCSc1ccc(Cl)cc1)C(=O)c1ccc(Sc2ccc(C(=O)c3ccccc3)cc2)cc1. The third-order valence-electron chi connectivity index (χ3n) is 5.68. The molecule has 0 saturated carbocycles. The molecule has 0 bridgehead atoms. The molecule has 0 saturated heterocycles. The Labute approximate surface area is 241 Å². The van der Waals surface area contributed by atoms with Crippen LogP contribution in [0.2, 0.25) is 5.02 Å². The Morgan fingerprint density at radius 1 is 0.744 bits per heavy atom. The normalized spacial score (nSPS) is 11.5. The average molecular weight is 576 g/mol. The fourth-order valence-electron chi connectivity index (χ4n) is 3.68. The van der Waals surface area contributed by atoms with Crippen molar-refractivity contribution >= 4 is 52.7 Å². The first-order valence-corrected chi connectivity index (χ1v) is 14.4. The van der Waals surface area contributed by atoms with Crippen molar-refractivity contribution in [3.63, 3.8) is 0 Å². The van der Waals surface area contributed by atoms with Gasteiger partial charge in [0.15, 0.2) is 11.6 Å². The number of hydrogen-bond donors (Lipinski definition) is 1. The van der Waals surface area contributed by atoms with Gasteiger partial charge in [0, 0.05) is 49.1 Å². The van der Waals surface area contributed by atoms with Gasteiger partial charge in [-0.05, 0) is 67.1 Å². The standard InChI is InChI=1S/C31H26ClNO4S2/c1-21(34)37-33-29(19-20-38-26-17-11-25(32)12-18-26)31(36)24-9-15-28(16-10-24)39-27-13-7-23(8-14-27)30(35)22-5-3-2-4-6-22/h2-18,29,33H,19-20H2,1H3. The third-order valence-corrected chi connectivity index (χ3v) is 7.99. The molecule has 4 rings (SSSR count). The molecule has 1 N–H and O–H groups in total. The minimum absolute atomic E-state index is 0.0153. The van der Waals surface area contributed by atoms with E-state index in [1.54, 1.807) is 36.0 Å². The summed E-state index contributed by atoms with van der Waals surface area (Å²) in [7, 11) is 0. The second-order valence-corrected chi connectivity index (χ2v) is 11.3. The summed E-state index contributed by atoms with van der Waals surface area (Å²) in [6.45, 7) is 1.28. The number of benzene rings is 4. The van der Waals surface area contributed by atoms with E-state index in [0.717, 1.165) is 14.7 Å². The van der Waals surface area contributed by atoms with Crippen molar-refractivity contribution in [2.45, 2.75) is 34.1 Å². The van der Waals surface area contributed by atoms with Crippen LogP contribution in [0, 0.1) is 0 Å². The summed E-state index contributed by atoms with van der Waals surface area (Å²) in [6.07, 6.45) is 0.462. The van der Waals surface area contributed by atoms with Crippen LogP contribution in [0.15, 0.2) is 118 Å². The maximum Gasteiger partial charge on any atom is 0.321 e. The molecule has 1 unspecified atom stereocenters. The molecule has 0 fully saturated rings. The molecule has 0 aliphatic rings. The zero-order chi connectivity index (χ0) is 27.6. The van der Waals surface area contributed by atoms with Crippen LogP contribution in [-0.2, 0) is 9.63 Å². The zero-order valence-electron chi connectivity index (χ0n) is 21.1. The number of ketones is 2. The van der Waals surface area contributed by atoms with Gasteiger partial charge in [-0.3, -0.25) is 14.4 Å². The van der Waals surface area contributed by atoms with Crippen molar-refractivity contribution < 1.29 is 19.2 Å². The van der Waals surface area contributed by atoms with Crippen LogP contribution in [0.1, 0.15) is 39.6 Å². The van der Waals surface area contributed by atoms with Gasteiger partial charge in [0.2, 0.25) is 0 Å². The Kier molecular flexibility index (Phi) is 10.4. The number of thioether (sulfide) groups is 1. The summed E-state index contributed by atoms with van der Waals surface area (Å²) in [4.78, 5) is 45.1. The van der Waals surface area contributed by atoms with Crippen LogP contribution in [0.3, 0.4) is 0 Å². The molecule has 0 aliphatic carbocycles. The van der Waals surface area contributed by atoms with Gasteiger partial charge < -0.3 is 4.84 Å². The predicted molar refractivity (Wildman–Crippen MR) is 157 cm³/mol. The van der Waals surface area contributed by atoms with Gasteiger partial charge in [0.1, 0.15) is 6.04 Å². The molecule has 0 spiro atoms. The molecule has 0 radical (unpaired) electrons. The van der Waals surface area contributed by atoms with Gasteiger partial charge in [-0.1, -0.05) is 65.8 Å². The fourth-order valence-corrected chi connectivity index (χ4v) is 5.54. The quantitative estimate of drug-likeness (QED) is 0.106. The highest BCUT2D eigenvalue weighted by Crippen LogP contribution is 2.29. The highest BCUT2D eigenvalue weighted by atomic mass is 35.5. The van der Waals surface area contributed by atoms with E-state index in [-0.39, 0.29) is 11.6 Å². The Hall–Kier alpha value is -3.36. The molecular weight excluding hydrogens is 550 g/mol. The molecule has 5 nitrogen and oxygen atoms in total. The van der Waals surface area contributed by atoms with Crippen molar-refractivity contribution in [1.82, 2.24) is 5.48 Å². The number of carbonyl (C=O) groups excluding carboxylic acids is 3. The van der Waals surface area contributed by atoms with Gasteiger partial charge in [-0.25, -0.2) is 0 Å². The summed E-state index contributed by atoms with van der Waals surface area (Å²) in [5.41, 5.74) is 4.43. The Bertz CT molecular complexity index is 1410. The topological polar surface area (TPSA) is 72.5 Å². The maximum atomic E-state index is 13.2. The van der Waals surface area contributed by atoms with Crippen molar-refractivity contribution in [3.8, 4) is 0 Å². The Morgan fingerprint density at radius 2 is 1.28 bits per heavy atom. The van der Waals surface area contributed by atoms with E-state index < -0.39 is 12.0 Å². The Morgan fingerprint density at radius 3 is 1.87 bits per heavy atom. The van der Waals surface area contributed by atoms with Gasteiger partial charge in [0.25, 0.3) is 0 Å². The van der Waals surface area contributed by atoms with Crippen LogP contribution in [0.4, 0.5) is 0 Å². The Balaban J connectivity index is 1.36. The molecular formula is C31H26ClNO4S2. The number of Topliss-reactive ketones (excluding diaryl/α,β-unsaturated/α-hetero) is 1. The zero-order valence-corrected chi connectivity index (χ0v) is 23.5. The third kappa shape index (κ3) is 8.57. The molecule has 0 aliphatic heterocycles. The van der Waals surface area contributed by atoms with E-state index in [0.29, 0.717) is 33.9 Å². The second kappa shape index (κ2) is 14.1. The van der Waals surface area contributed by atoms with Crippen LogP contribution >= 0.6 is 35.1 Å². The summed E-state index contributed by atoms with van der Waals surface area (Å²) in [5.74, 6) is -0.0450. The van der Waals surface area contributed by atoms with Gasteiger partial charge in [-0.2, -0.15) is 0 Å². The van der Waals surface area contributed by atoms with Crippen molar-refractivity contribution in [2.75, 3.05) is 5.75 Å². The van der Waals surface area contributed by atoms with E-state index in [2.05, 4.69) is 5.48 Å². The number of hydrogen-bond acceptors (Lipinski definition) is 7. The van der Waals surface area contributed by atoms with Crippen molar-refractivity contribution in [2.24, 2.45) is 0 Å². The van der Waals surface area contributed by atoms with E-state index in [1.165, 1.54) is 18.7 Å². The monoisotopic (exact) mass is 575 g/mol. The molecule has 0 aromatic heterocycles. The van der Waals surface area contributed by atoms with Gasteiger partial charge in [0.05, 0.1) is 0 Å². The van der Waals surface area contributed by atoms with E-state index in [9.17, 15) is 14.4 Å². The summed E-state index contributed by atoms with van der Waals surface area (Å²) >= 11 is 9.08. The van der Waals surface area contributed by atoms with E-state index >= 15 is 0 Å². The molecule has 1 atom stereocenters.